The number of fused-ring (bicyclic) bond motifs is 1. The highest BCUT2D eigenvalue weighted by molar-refractivity contribution is 6.00. The van der Waals surface area contributed by atoms with Crippen molar-refractivity contribution in [1.82, 2.24) is 9.78 Å². The van der Waals surface area contributed by atoms with Crippen LogP contribution in [0.2, 0.25) is 0 Å². The van der Waals surface area contributed by atoms with Crippen LogP contribution in [0.15, 0.2) is 48.8 Å². The molecular formula is C24H27N3O4. The molecule has 0 bridgehead atoms. The number of benzene rings is 2. The van der Waals surface area contributed by atoms with Crippen molar-refractivity contribution < 1.29 is 19.4 Å². The molecule has 0 radical (unpaired) electrons. The van der Waals surface area contributed by atoms with Gasteiger partial charge in [-0.25, -0.2) is 0 Å². The molecule has 31 heavy (non-hydrogen) atoms. The Bertz CT molecular complexity index is 1090. The zero-order valence-electron chi connectivity index (χ0n) is 18.0. The van der Waals surface area contributed by atoms with Gasteiger partial charge in [-0.05, 0) is 49.1 Å². The molecule has 0 spiro atoms. The van der Waals surface area contributed by atoms with E-state index in [1.54, 1.807) is 43.5 Å². The number of methoxy groups -OCH3 is 2. The van der Waals surface area contributed by atoms with Crippen molar-refractivity contribution in [2.24, 2.45) is 0 Å². The molecule has 1 amide bonds. The molecule has 1 heterocycles. The number of phenols is 1. The predicted octanol–water partition coefficient (Wildman–Crippen LogP) is 3.89. The number of amides is 1. The fraction of sp³-hybridized carbons (Fsp3) is 0.333. The third-order valence-electron chi connectivity index (χ3n) is 5.84. The van der Waals surface area contributed by atoms with Crippen LogP contribution in [0, 0.1) is 0 Å². The van der Waals surface area contributed by atoms with E-state index < -0.39 is 0 Å². The van der Waals surface area contributed by atoms with E-state index in [0.29, 0.717) is 36.6 Å². The summed E-state index contributed by atoms with van der Waals surface area (Å²) < 4.78 is 12.8. The largest absolute Gasteiger partial charge is 0.508 e. The lowest BCUT2D eigenvalue weighted by Gasteiger charge is -2.27. The number of carbonyl (C=O) groups is 1. The van der Waals surface area contributed by atoms with Gasteiger partial charge in [-0.2, -0.15) is 5.10 Å². The maximum atomic E-state index is 13.9. The number of nitrogens with zero attached hydrogens (tertiary/aromatic N) is 3. The minimum atomic E-state index is -0.324. The van der Waals surface area contributed by atoms with Gasteiger partial charge in [-0.15, -0.1) is 0 Å². The van der Waals surface area contributed by atoms with E-state index in [-0.39, 0.29) is 17.6 Å². The van der Waals surface area contributed by atoms with E-state index in [4.69, 9.17) is 9.47 Å². The lowest BCUT2D eigenvalue weighted by Crippen LogP contribution is -2.34. The standard InChI is InChI=1S/C24H27N3O4/c1-4-26-14-16(13-25-26)15-27(21-11-8-17(30-2)12-23(21)31-3)24(29)20-10-9-19-18(20)6-5-7-22(19)28/h5-8,11-14,20,28H,4,9-10,15H2,1-3H3. The van der Waals surface area contributed by atoms with Crippen LogP contribution >= 0.6 is 0 Å². The van der Waals surface area contributed by atoms with Gasteiger partial charge in [0.25, 0.3) is 0 Å². The average molecular weight is 421 g/mol. The summed E-state index contributed by atoms with van der Waals surface area (Å²) in [4.78, 5) is 15.6. The molecule has 0 fully saturated rings. The van der Waals surface area contributed by atoms with Crippen molar-refractivity contribution in [3.63, 3.8) is 0 Å². The van der Waals surface area contributed by atoms with E-state index in [9.17, 15) is 9.90 Å². The number of rotatable bonds is 7. The van der Waals surface area contributed by atoms with Crippen LogP contribution in [0.1, 0.15) is 36.0 Å². The van der Waals surface area contributed by atoms with Crippen LogP contribution in [0.4, 0.5) is 5.69 Å². The van der Waals surface area contributed by atoms with Crippen molar-refractivity contribution in [2.75, 3.05) is 19.1 Å². The van der Waals surface area contributed by atoms with Crippen LogP contribution in [0.3, 0.4) is 0 Å². The summed E-state index contributed by atoms with van der Waals surface area (Å²) in [5.74, 6) is 1.12. The van der Waals surface area contributed by atoms with Gasteiger partial charge in [0.2, 0.25) is 5.91 Å². The highest BCUT2D eigenvalue weighted by Gasteiger charge is 2.34. The summed E-state index contributed by atoms with van der Waals surface area (Å²) in [6.07, 6.45) is 5.08. The Morgan fingerprint density at radius 1 is 1.26 bits per heavy atom. The lowest BCUT2D eigenvalue weighted by atomic mass is 9.98. The monoisotopic (exact) mass is 421 g/mol. The first-order valence-corrected chi connectivity index (χ1v) is 10.4. The Balaban J connectivity index is 1.74. The summed E-state index contributed by atoms with van der Waals surface area (Å²) in [5.41, 5.74) is 3.36. The molecule has 1 aliphatic rings. The fourth-order valence-electron chi connectivity index (χ4n) is 4.21. The highest BCUT2D eigenvalue weighted by Crippen LogP contribution is 2.41. The Morgan fingerprint density at radius 3 is 2.81 bits per heavy atom. The van der Waals surface area contributed by atoms with Gasteiger partial charge in [-0.3, -0.25) is 9.48 Å². The van der Waals surface area contributed by atoms with Gasteiger partial charge in [0.05, 0.1) is 38.6 Å². The summed E-state index contributed by atoms with van der Waals surface area (Å²) in [6.45, 7) is 3.15. The van der Waals surface area contributed by atoms with Gasteiger partial charge in [-0.1, -0.05) is 12.1 Å². The number of aromatic nitrogens is 2. The molecule has 0 saturated heterocycles. The van der Waals surface area contributed by atoms with E-state index >= 15 is 0 Å². The van der Waals surface area contributed by atoms with Crippen LogP contribution in [0.5, 0.6) is 17.2 Å². The number of anilines is 1. The summed E-state index contributed by atoms with van der Waals surface area (Å²) in [7, 11) is 3.18. The smallest absolute Gasteiger partial charge is 0.234 e. The molecule has 3 aromatic rings. The molecule has 1 aliphatic carbocycles. The molecule has 1 N–H and O–H groups in total. The zero-order valence-corrected chi connectivity index (χ0v) is 18.0. The first-order valence-electron chi connectivity index (χ1n) is 10.4. The van der Waals surface area contributed by atoms with Crippen molar-refractivity contribution in [2.45, 2.75) is 38.8 Å². The molecule has 2 aromatic carbocycles. The second kappa shape index (κ2) is 8.71. The van der Waals surface area contributed by atoms with Crippen LogP contribution in [-0.2, 0) is 24.3 Å². The van der Waals surface area contributed by atoms with Crippen molar-refractivity contribution in [3.8, 4) is 17.2 Å². The normalized spacial score (nSPS) is 14.9. The second-order valence-electron chi connectivity index (χ2n) is 7.60. The molecule has 1 aromatic heterocycles. The van der Waals surface area contributed by atoms with E-state index in [1.807, 2.05) is 36.0 Å². The van der Waals surface area contributed by atoms with E-state index in [0.717, 1.165) is 23.2 Å². The summed E-state index contributed by atoms with van der Waals surface area (Å²) >= 11 is 0. The Labute approximate surface area is 181 Å². The summed E-state index contributed by atoms with van der Waals surface area (Å²) in [6, 6.07) is 10.8. The lowest BCUT2D eigenvalue weighted by molar-refractivity contribution is -0.120. The van der Waals surface area contributed by atoms with Gasteiger partial charge in [0.15, 0.2) is 0 Å². The molecule has 7 nitrogen and oxygen atoms in total. The van der Waals surface area contributed by atoms with Crippen molar-refractivity contribution >= 4 is 11.6 Å². The van der Waals surface area contributed by atoms with E-state index in [1.165, 1.54) is 0 Å². The van der Waals surface area contributed by atoms with E-state index in [2.05, 4.69) is 5.10 Å². The van der Waals surface area contributed by atoms with Gasteiger partial charge in [0, 0.05) is 24.4 Å². The third kappa shape index (κ3) is 3.95. The second-order valence-corrected chi connectivity index (χ2v) is 7.60. The number of hydrogen-bond acceptors (Lipinski definition) is 5. The molecule has 0 aliphatic heterocycles. The molecule has 7 heteroatoms. The Morgan fingerprint density at radius 2 is 2.10 bits per heavy atom. The number of phenolic OH excluding ortho intramolecular Hbond substituents is 1. The SMILES string of the molecule is CCn1cc(CN(C(=O)C2CCc3c(O)cccc32)c2ccc(OC)cc2OC)cn1. The maximum absolute atomic E-state index is 13.9. The minimum absolute atomic E-state index is 0.0305. The van der Waals surface area contributed by atoms with Crippen LogP contribution in [-0.4, -0.2) is 35.0 Å². The van der Waals surface area contributed by atoms with Crippen LogP contribution in [0.25, 0.3) is 0 Å². The van der Waals surface area contributed by atoms with Crippen LogP contribution < -0.4 is 14.4 Å². The molecule has 1 atom stereocenters. The molecule has 4 rings (SSSR count). The zero-order chi connectivity index (χ0) is 22.0. The average Bonchev–Trinajstić information content (AvgIpc) is 3.44. The first kappa shape index (κ1) is 20.8. The predicted molar refractivity (Wildman–Crippen MR) is 118 cm³/mol. The van der Waals surface area contributed by atoms with Gasteiger partial charge in [0.1, 0.15) is 17.2 Å². The topological polar surface area (TPSA) is 76.8 Å². The Kier molecular flexibility index (Phi) is 5.84. The van der Waals surface area contributed by atoms with Crippen molar-refractivity contribution in [3.05, 3.63) is 65.5 Å². The molecule has 0 saturated carbocycles. The number of aryl methyl sites for hydroxylation is 1. The number of aromatic hydroxyl groups is 1. The van der Waals surface area contributed by atoms with Crippen molar-refractivity contribution in [1.29, 1.82) is 0 Å². The molecule has 162 valence electrons. The first-order chi connectivity index (χ1) is 15.0. The molecular weight excluding hydrogens is 394 g/mol. The number of carbonyl (C=O) groups excluding carboxylic acids is 1. The third-order valence-corrected chi connectivity index (χ3v) is 5.84. The maximum Gasteiger partial charge on any atom is 0.234 e. The summed E-state index contributed by atoms with van der Waals surface area (Å²) in [5, 5.41) is 14.6. The number of ether oxygens (including phenoxy) is 2. The Hall–Kier alpha value is -3.48. The fourth-order valence-corrected chi connectivity index (χ4v) is 4.21. The van der Waals surface area contributed by atoms with Gasteiger partial charge >= 0.3 is 0 Å². The highest BCUT2D eigenvalue weighted by atomic mass is 16.5. The van der Waals surface area contributed by atoms with Gasteiger partial charge < -0.3 is 19.5 Å². The molecule has 1 unspecified atom stereocenters. The number of hydrogen-bond donors (Lipinski definition) is 1. The quantitative estimate of drug-likeness (QED) is 0.626. The minimum Gasteiger partial charge on any atom is -0.508 e.